The Morgan fingerprint density at radius 3 is 2.80 bits per heavy atom. The molecular weight excluding hydrogens is 290 g/mol. The van der Waals surface area contributed by atoms with E-state index in [-0.39, 0.29) is 16.5 Å². The van der Waals surface area contributed by atoms with Crippen molar-refractivity contribution in [3.05, 3.63) is 40.4 Å². The average molecular weight is 299 g/mol. The van der Waals surface area contributed by atoms with Gasteiger partial charge in [-0.15, -0.1) is 5.10 Å². The van der Waals surface area contributed by atoms with E-state index in [4.69, 9.17) is 11.6 Å². The SMILES string of the molecule is O=C(Nc1c(F)cc(F)cc1Cl)c1n[nH]c(C2CC2)n1. The molecule has 1 aliphatic rings. The zero-order valence-corrected chi connectivity index (χ0v) is 10.8. The molecule has 2 N–H and O–H groups in total. The second kappa shape index (κ2) is 4.82. The van der Waals surface area contributed by atoms with Gasteiger partial charge in [0.2, 0.25) is 5.82 Å². The van der Waals surface area contributed by atoms with Crippen LogP contribution in [-0.4, -0.2) is 21.1 Å². The number of carbonyl (C=O) groups is 1. The smallest absolute Gasteiger partial charge is 0.295 e. The highest BCUT2D eigenvalue weighted by Crippen LogP contribution is 2.37. The second-order valence-electron chi connectivity index (χ2n) is 4.52. The summed E-state index contributed by atoms with van der Waals surface area (Å²) in [5.41, 5.74) is -0.296. The van der Waals surface area contributed by atoms with E-state index in [0.29, 0.717) is 17.8 Å². The van der Waals surface area contributed by atoms with Crippen LogP contribution in [0.3, 0.4) is 0 Å². The van der Waals surface area contributed by atoms with Gasteiger partial charge in [0.25, 0.3) is 5.91 Å². The van der Waals surface area contributed by atoms with Crippen LogP contribution in [0.25, 0.3) is 0 Å². The van der Waals surface area contributed by atoms with Gasteiger partial charge in [-0.05, 0) is 18.9 Å². The second-order valence-corrected chi connectivity index (χ2v) is 4.92. The first-order chi connectivity index (χ1) is 9.54. The van der Waals surface area contributed by atoms with Crippen LogP contribution >= 0.6 is 11.6 Å². The van der Waals surface area contributed by atoms with Crippen molar-refractivity contribution < 1.29 is 13.6 Å². The molecule has 2 aromatic rings. The summed E-state index contributed by atoms with van der Waals surface area (Å²) in [4.78, 5) is 15.9. The molecule has 1 fully saturated rings. The fourth-order valence-electron chi connectivity index (χ4n) is 1.75. The van der Waals surface area contributed by atoms with Crippen molar-refractivity contribution in [2.24, 2.45) is 0 Å². The van der Waals surface area contributed by atoms with Gasteiger partial charge in [-0.25, -0.2) is 13.8 Å². The van der Waals surface area contributed by atoms with Crippen molar-refractivity contribution in [3.63, 3.8) is 0 Å². The van der Waals surface area contributed by atoms with Crippen LogP contribution in [0.4, 0.5) is 14.5 Å². The number of rotatable bonds is 3. The lowest BCUT2D eigenvalue weighted by atomic mass is 10.3. The van der Waals surface area contributed by atoms with Crippen LogP contribution in [0.15, 0.2) is 12.1 Å². The Labute approximate surface area is 117 Å². The highest BCUT2D eigenvalue weighted by molar-refractivity contribution is 6.33. The molecule has 1 aliphatic carbocycles. The van der Waals surface area contributed by atoms with Gasteiger partial charge in [-0.1, -0.05) is 11.6 Å². The summed E-state index contributed by atoms with van der Waals surface area (Å²) in [7, 11) is 0. The Balaban J connectivity index is 1.81. The molecule has 0 bridgehead atoms. The maximum absolute atomic E-state index is 13.5. The molecule has 0 saturated heterocycles. The summed E-state index contributed by atoms with van der Waals surface area (Å²) in [6, 6.07) is 1.54. The van der Waals surface area contributed by atoms with Crippen molar-refractivity contribution in [2.45, 2.75) is 18.8 Å². The van der Waals surface area contributed by atoms with Crippen LogP contribution in [0.5, 0.6) is 0 Å². The number of H-pyrrole nitrogens is 1. The number of carbonyl (C=O) groups excluding carboxylic acids is 1. The molecule has 1 heterocycles. The number of aromatic amines is 1. The van der Waals surface area contributed by atoms with Crippen LogP contribution in [0, 0.1) is 11.6 Å². The minimum Gasteiger partial charge on any atom is -0.315 e. The summed E-state index contributed by atoms with van der Waals surface area (Å²) < 4.78 is 26.4. The van der Waals surface area contributed by atoms with E-state index in [1.807, 2.05) is 0 Å². The molecular formula is C12H9ClF2N4O. The highest BCUT2D eigenvalue weighted by atomic mass is 35.5. The van der Waals surface area contributed by atoms with E-state index >= 15 is 0 Å². The van der Waals surface area contributed by atoms with E-state index in [9.17, 15) is 13.6 Å². The Morgan fingerprint density at radius 2 is 2.15 bits per heavy atom. The van der Waals surface area contributed by atoms with Gasteiger partial charge in [0.15, 0.2) is 5.82 Å². The lowest BCUT2D eigenvalue weighted by molar-refractivity contribution is 0.101. The number of hydrogen-bond donors (Lipinski definition) is 2. The lowest BCUT2D eigenvalue weighted by Crippen LogP contribution is -2.15. The van der Waals surface area contributed by atoms with Crippen LogP contribution in [-0.2, 0) is 0 Å². The minimum absolute atomic E-state index is 0.105. The van der Waals surface area contributed by atoms with E-state index in [0.717, 1.165) is 18.9 Å². The zero-order chi connectivity index (χ0) is 14.3. The minimum atomic E-state index is -0.957. The molecule has 0 radical (unpaired) electrons. The molecule has 0 aliphatic heterocycles. The molecule has 0 unspecified atom stereocenters. The van der Waals surface area contributed by atoms with E-state index in [1.54, 1.807) is 0 Å². The first-order valence-corrected chi connectivity index (χ1v) is 6.30. The van der Waals surface area contributed by atoms with Crippen molar-refractivity contribution in [2.75, 3.05) is 5.32 Å². The first kappa shape index (κ1) is 13.0. The third-order valence-corrected chi connectivity index (χ3v) is 3.21. The van der Waals surface area contributed by atoms with Crippen LogP contribution in [0.1, 0.15) is 35.2 Å². The Kier molecular flexibility index (Phi) is 3.13. The van der Waals surface area contributed by atoms with E-state index in [2.05, 4.69) is 20.5 Å². The van der Waals surface area contributed by atoms with Crippen LogP contribution < -0.4 is 5.32 Å². The first-order valence-electron chi connectivity index (χ1n) is 5.93. The summed E-state index contributed by atoms with van der Waals surface area (Å²) in [6.07, 6.45) is 2.02. The van der Waals surface area contributed by atoms with Crippen molar-refractivity contribution in [1.29, 1.82) is 0 Å². The summed E-state index contributed by atoms with van der Waals surface area (Å²) in [5.74, 6) is -1.64. The van der Waals surface area contributed by atoms with Gasteiger partial charge in [-0.2, -0.15) is 0 Å². The van der Waals surface area contributed by atoms with E-state index < -0.39 is 17.5 Å². The van der Waals surface area contributed by atoms with Gasteiger partial charge in [0, 0.05) is 12.0 Å². The third kappa shape index (κ3) is 2.49. The number of aromatic nitrogens is 3. The molecule has 1 aromatic carbocycles. The molecule has 0 spiro atoms. The van der Waals surface area contributed by atoms with Crippen molar-refractivity contribution in [1.82, 2.24) is 15.2 Å². The van der Waals surface area contributed by atoms with E-state index in [1.165, 1.54) is 0 Å². The van der Waals surface area contributed by atoms with Crippen molar-refractivity contribution in [3.8, 4) is 0 Å². The molecule has 1 amide bonds. The molecule has 20 heavy (non-hydrogen) atoms. The summed E-state index contributed by atoms with van der Waals surface area (Å²) in [5, 5.41) is 8.44. The standard InChI is InChI=1S/C12H9ClF2N4O/c13-7-3-6(14)4-8(15)9(7)16-12(20)11-17-10(18-19-11)5-1-2-5/h3-5H,1-2H2,(H,16,20)(H,17,18,19). The number of benzene rings is 1. The summed E-state index contributed by atoms with van der Waals surface area (Å²) in [6.45, 7) is 0. The maximum Gasteiger partial charge on any atom is 0.295 e. The number of anilines is 1. The Hall–Kier alpha value is -2.02. The molecule has 1 aromatic heterocycles. The Bertz CT molecular complexity index is 661. The highest BCUT2D eigenvalue weighted by Gasteiger charge is 2.28. The lowest BCUT2D eigenvalue weighted by Gasteiger charge is -2.06. The quantitative estimate of drug-likeness (QED) is 0.915. The van der Waals surface area contributed by atoms with Gasteiger partial charge in [-0.3, -0.25) is 9.89 Å². The van der Waals surface area contributed by atoms with Gasteiger partial charge < -0.3 is 5.32 Å². The number of halogens is 3. The monoisotopic (exact) mass is 298 g/mol. The van der Waals surface area contributed by atoms with Crippen molar-refractivity contribution >= 4 is 23.2 Å². The largest absolute Gasteiger partial charge is 0.315 e. The van der Waals surface area contributed by atoms with Gasteiger partial charge in [0.1, 0.15) is 11.6 Å². The molecule has 1 saturated carbocycles. The Morgan fingerprint density at radius 1 is 1.40 bits per heavy atom. The molecule has 5 nitrogen and oxygen atoms in total. The predicted octanol–water partition coefficient (Wildman–Crippen LogP) is 2.87. The number of hydrogen-bond acceptors (Lipinski definition) is 3. The predicted molar refractivity (Wildman–Crippen MR) is 67.7 cm³/mol. The summed E-state index contributed by atoms with van der Waals surface area (Å²) >= 11 is 5.69. The maximum atomic E-state index is 13.5. The third-order valence-electron chi connectivity index (χ3n) is 2.92. The number of nitrogens with zero attached hydrogens (tertiary/aromatic N) is 2. The number of amides is 1. The van der Waals surface area contributed by atoms with Gasteiger partial charge >= 0.3 is 0 Å². The topological polar surface area (TPSA) is 70.7 Å². The molecule has 104 valence electrons. The molecule has 0 atom stereocenters. The molecule has 3 rings (SSSR count). The van der Waals surface area contributed by atoms with Crippen LogP contribution in [0.2, 0.25) is 5.02 Å². The van der Waals surface area contributed by atoms with Gasteiger partial charge in [0.05, 0.1) is 10.7 Å². The number of nitrogens with one attached hydrogen (secondary N) is 2. The fourth-order valence-corrected chi connectivity index (χ4v) is 1.99. The average Bonchev–Trinajstić information content (AvgIpc) is 3.11. The zero-order valence-electron chi connectivity index (χ0n) is 10.1. The molecule has 8 heteroatoms. The fraction of sp³-hybridized carbons (Fsp3) is 0.250. The normalized spacial score (nSPS) is 14.3.